The Labute approximate surface area is 97.9 Å². The van der Waals surface area contributed by atoms with Crippen LogP contribution in [0.4, 0.5) is 0 Å². The highest BCUT2D eigenvalue weighted by molar-refractivity contribution is 5.93. The summed E-state index contributed by atoms with van der Waals surface area (Å²) in [6.07, 6.45) is 0. The van der Waals surface area contributed by atoms with E-state index in [0.717, 1.165) is 0 Å². The van der Waals surface area contributed by atoms with E-state index in [0.29, 0.717) is 5.75 Å². The van der Waals surface area contributed by atoms with Gasteiger partial charge in [0.2, 0.25) is 0 Å². The fourth-order valence-corrected chi connectivity index (χ4v) is 1.35. The number of rotatable bonds is 4. The molecule has 6 heteroatoms. The fraction of sp³-hybridized carbons (Fsp3) is 0.273. The third-order valence-corrected chi connectivity index (χ3v) is 2.27. The molecule has 0 aliphatic rings. The molecular formula is C11H13NO5. The minimum Gasteiger partial charge on any atom is -0.497 e. The summed E-state index contributed by atoms with van der Waals surface area (Å²) in [7, 11) is 2.64. The number of hydrogen-bond acceptors (Lipinski definition) is 5. The Hall–Kier alpha value is -2.08. The van der Waals surface area contributed by atoms with Gasteiger partial charge in [0.1, 0.15) is 11.8 Å². The minimum atomic E-state index is -1.31. The number of nitrogens with two attached hydrogens (primary N) is 1. The van der Waals surface area contributed by atoms with Gasteiger partial charge in [-0.1, -0.05) is 0 Å². The summed E-state index contributed by atoms with van der Waals surface area (Å²) in [5, 5.41) is 8.86. The third kappa shape index (κ3) is 2.73. The first-order chi connectivity index (χ1) is 8.01. The maximum Gasteiger partial charge on any atom is 0.338 e. The SMILES string of the molecule is COC(=O)c1ccc(OC)cc1[C@H](N)C(=O)O. The second kappa shape index (κ2) is 5.31. The Balaban J connectivity index is 3.30. The topological polar surface area (TPSA) is 98.9 Å². The van der Waals surface area contributed by atoms with Crippen molar-refractivity contribution in [3.8, 4) is 5.75 Å². The molecule has 0 amide bonds. The molecule has 1 aromatic carbocycles. The number of carbonyl (C=O) groups is 2. The first-order valence-electron chi connectivity index (χ1n) is 4.76. The highest BCUT2D eigenvalue weighted by Crippen LogP contribution is 2.23. The van der Waals surface area contributed by atoms with Gasteiger partial charge in [0, 0.05) is 0 Å². The summed E-state index contributed by atoms with van der Waals surface area (Å²) < 4.78 is 9.50. The Morgan fingerprint density at radius 2 is 2.00 bits per heavy atom. The van der Waals surface area contributed by atoms with E-state index in [9.17, 15) is 9.59 Å². The molecule has 0 saturated heterocycles. The molecule has 17 heavy (non-hydrogen) atoms. The minimum absolute atomic E-state index is 0.114. The van der Waals surface area contributed by atoms with Gasteiger partial charge in [0.25, 0.3) is 0 Å². The van der Waals surface area contributed by atoms with Crippen molar-refractivity contribution in [2.45, 2.75) is 6.04 Å². The highest BCUT2D eigenvalue weighted by Gasteiger charge is 2.22. The largest absolute Gasteiger partial charge is 0.497 e. The van der Waals surface area contributed by atoms with E-state index >= 15 is 0 Å². The summed E-state index contributed by atoms with van der Waals surface area (Å²) in [6.45, 7) is 0. The maximum atomic E-state index is 11.4. The van der Waals surface area contributed by atoms with Crippen LogP contribution in [0.2, 0.25) is 0 Å². The lowest BCUT2D eigenvalue weighted by atomic mass is 10.0. The zero-order chi connectivity index (χ0) is 13.0. The van der Waals surface area contributed by atoms with Crippen molar-refractivity contribution in [1.29, 1.82) is 0 Å². The predicted molar refractivity (Wildman–Crippen MR) is 58.9 cm³/mol. The lowest BCUT2D eigenvalue weighted by molar-refractivity contribution is -0.138. The summed E-state index contributed by atoms with van der Waals surface area (Å²) in [4.78, 5) is 22.3. The molecule has 0 aliphatic heterocycles. The summed E-state index contributed by atoms with van der Waals surface area (Å²) >= 11 is 0. The number of esters is 1. The van der Waals surface area contributed by atoms with Crippen LogP contribution in [0.15, 0.2) is 18.2 Å². The normalized spacial score (nSPS) is 11.7. The van der Waals surface area contributed by atoms with Gasteiger partial charge in [-0.25, -0.2) is 4.79 Å². The standard InChI is InChI=1S/C11H13NO5/c1-16-6-3-4-7(11(15)17-2)8(5-6)9(12)10(13)14/h3-5,9H,12H2,1-2H3,(H,13,14)/t9-/m0/s1. The number of carboxylic acids is 1. The molecular weight excluding hydrogens is 226 g/mol. The molecule has 92 valence electrons. The Kier molecular flexibility index (Phi) is 4.06. The van der Waals surface area contributed by atoms with Gasteiger partial charge in [-0.15, -0.1) is 0 Å². The quantitative estimate of drug-likeness (QED) is 0.745. The van der Waals surface area contributed by atoms with Gasteiger partial charge in [0.15, 0.2) is 0 Å². The molecule has 0 aromatic heterocycles. The summed E-state index contributed by atoms with van der Waals surface area (Å²) in [5.74, 6) is -1.45. The first-order valence-corrected chi connectivity index (χ1v) is 4.76. The zero-order valence-corrected chi connectivity index (χ0v) is 9.47. The van der Waals surface area contributed by atoms with Crippen LogP contribution in [0.3, 0.4) is 0 Å². The van der Waals surface area contributed by atoms with Gasteiger partial charge in [-0.05, 0) is 23.8 Å². The van der Waals surface area contributed by atoms with E-state index in [1.807, 2.05) is 0 Å². The van der Waals surface area contributed by atoms with Crippen LogP contribution in [0.5, 0.6) is 5.75 Å². The average Bonchev–Trinajstić information content (AvgIpc) is 2.35. The molecule has 0 fully saturated rings. The van der Waals surface area contributed by atoms with Gasteiger partial charge in [-0.3, -0.25) is 4.79 Å². The van der Waals surface area contributed by atoms with Crippen molar-refractivity contribution in [2.24, 2.45) is 5.73 Å². The second-order valence-electron chi connectivity index (χ2n) is 3.26. The third-order valence-electron chi connectivity index (χ3n) is 2.27. The van der Waals surface area contributed by atoms with E-state index in [1.54, 1.807) is 0 Å². The van der Waals surface area contributed by atoms with Crippen molar-refractivity contribution in [2.75, 3.05) is 14.2 Å². The Bertz CT molecular complexity index is 443. The van der Waals surface area contributed by atoms with Crippen LogP contribution in [0.25, 0.3) is 0 Å². The predicted octanol–water partition coefficient (Wildman–Crippen LogP) is 0.566. The van der Waals surface area contributed by atoms with Gasteiger partial charge < -0.3 is 20.3 Å². The molecule has 0 radical (unpaired) electrons. The van der Waals surface area contributed by atoms with E-state index < -0.39 is 18.0 Å². The monoisotopic (exact) mass is 239 g/mol. The number of carboxylic acid groups (broad SMARTS) is 1. The van der Waals surface area contributed by atoms with Gasteiger partial charge in [-0.2, -0.15) is 0 Å². The molecule has 0 aliphatic carbocycles. The van der Waals surface area contributed by atoms with Crippen LogP contribution in [0.1, 0.15) is 22.0 Å². The molecule has 1 atom stereocenters. The van der Waals surface area contributed by atoms with Crippen molar-refractivity contribution < 1.29 is 24.2 Å². The fourth-order valence-electron chi connectivity index (χ4n) is 1.35. The van der Waals surface area contributed by atoms with Crippen LogP contribution < -0.4 is 10.5 Å². The van der Waals surface area contributed by atoms with Crippen molar-refractivity contribution in [3.05, 3.63) is 29.3 Å². The van der Waals surface area contributed by atoms with E-state index in [2.05, 4.69) is 4.74 Å². The molecule has 6 nitrogen and oxygen atoms in total. The second-order valence-corrected chi connectivity index (χ2v) is 3.26. The number of benzene rings is 1. The number of ether oxygens (including phenoxy) is 2. The molecule has 1 aromatic rings. The Morgan fingerprint density at radius 3 is 2.47 bits per heavy atom. The Morgan fingerprint density at radius 1 is 1.35 bits per heavy atom. The number of hydrogen-bond donors (Lipinski definition) is 2. The van der Waals surface area contributed by atoms with Gasteiger partial charge in [0.05, 0.1) is 19.8 Å². The molecule has 0 saturated carbocycles. The number of methoxy groups -OCH3 is 2. The summed E-state index contributed by atoms with van der Waals surface area (Å²) in [5.41, 5.74) is 5.76. The van der Waals surface area contributed by atoms with Crippen LogP contribution in [-0.4, -0.2) is 31.3 Å². The van der Waals surface area contributed by atoms with Crippen molar-refractivity contribution in [3.63, 3.8) is 0 Å². The van der Waals surface area contributed by atoms with E-state index in [-0.39, 0.29) is 11.1 Å². The molecule has 0 unspecified atom stereocenters. The first kappa shape index (κ1) is 13.0. The highest BCUT2D eigenvalue weighted by atomic mass is 16.5. The van der Waals surface area contributed by atoms with E-state index in [1.165, 1.54) is 32.4 Å². The lowest BCUT2D eigenvalue weighted by Crippen LogP contribution is -2.23. The zero-order valence-electron chi connectivity index (χ0n) is 9.47. The molecule has 1 rings (SSSR count). The van der Waals surface area contributed by atoms with Crippen LogP contribution >= 0.6 is 0 Å². The number of carbonyl (C=O) groups excluding carboxylic acids is 1. The molecule has 0 bridgehead atoms. The molecule has 0 spiro atoms. The van der Waals surface area contributed by atoms with Crippen LogP contribution in [-0.2, 0) is 9.53 Å². The van der Waals surface area contributed by atoms with Gasteiger partial charge >= 0.3 is 11.9 Å². The van der Waals surface area contributed by atoms with Crippen LogP contribution in [0, 0.1) is 0 Å². The molecule has 0 heterocycles. The van der Waals surface area contributed by atoms with Crippen molar-refractivity contribution in [1.82, 2.24) is 0 Å². The molecule has 3 N–H and O–H groups in total. The average molecular weight is 239 g/mol. The maximum absolute atomic E-state index is 11.4. The summed E-state index contributed by atoms with van der Waals surface area (Å²) in [6, 6.07) is 3.05. The number of aliphatic carboxylic acids is 1. The van der Waals surface area contributed by atoms with Crippen molar-refractivity contribution >= 4 is 11.9 Å². The smallest absolute Gasteiger partial charge is 0.338 e. The van der Waals surface area contributed by atoms with E-state index in [4.69, 9.17) is 15.6 Å². The lowest BCUT2D eigenvalue weighted by Gasteiger charge is -2.13.